The summed E-state index contributed by atoms with van der Waals surface area (Å²) in [6.07, 6.45) is -0.488. The quantitative estimate of drug-likeness (QED) is 0.831. The maximum atomic E-state index is 11.4. The van der Waals surface area contributed by atoms with Gasteiger partial charge in [-0.05, 0) is 33.3 Å². The van der Waals surface area contributed by atoms with E-state index in [1.54, 1.807) is 26.8 Å². The number of ether oxygens (including phenoxy) is 1. The minimum absolute atomic E-state index is 0.212. The minimum atomic E-state index is -0.515. The van der Waals surface area contributed by atoms with Gasteiger partial charge in [0.05, 0.1) is 0 Å². The molecule has 0 aliphatic rings. The second-order valence-corrected chi connectivity index (χ2v) is 4.94. The second kappa shape index (κ2) is 5.08. The lowest BCUT2D eigenvalue weighted by molar-refractivity contribution is 0.0523. The predicted octanol–water partition coefficient (Wildman–Crippen LogP) is 2.73. The third kappa shape index (κ3) is 4.34. The van der Waals surface area contributed by atoms with Crippen molar-refractivity contribution in [2.24, 2.45) is 0 Å². The van der Waals surface area contributed by atoms with E-state index < -0.39 is 11.7 Å². The van der Waals surface area contributed by atoms with Crippen LogP contribution in [0.5, 0.6) is 5.75 Å². The first-order valence-electron chi connectivity index (χ1n) is 5.54. The van der Waals surface area contributed by atoms with Crippen molar-refractivity contribution in [1.29, 1.82) is 0 Å². The average molecular weight is 237 g/mol. The van der Waals surface area contributed by atoms with E-state index >= 15 is 0 Å². The summed E-state index contributed by atoms with van der Waals surface area (Å²) in [6.45, 7) is 7.47. The van der Waals surface area contributed by atoms with Crippen molar-refractivity contribution in [3.63, 3.8) is 0 Å². The molecule has 0 saturated heterocycles. The maximum Gasteiger partial charge on any atom is 0.407 e. The van der Waals surface area contributed by atoms with Gasteiger partial charge in [-0.25, -0.2) is 4.79 Å². The van der Waals surface area contributed by atoms with Crippen LogP contribution in [0.4, 0.5) is 4.79 Å². The number of rotatable bonds is 2. The van der Waals surface area contributed by atoms with Crippen LogP contribution in [0, 0.1) is 6.92 Å². The monoisotopic (exact) mass is 237 g/mol. The molecule has 0 aromatic heterocycles. The van der Waals surface area contributed by atoms with Gasteiger partial charge in [0.2, 0.25) is 0 Å². The molecule has 0 radical (unpaired) electrons. The van der Waals surface area contributed by atoms with Crippen LogP contribution >= 0.6 is 0 Å². The van der Waals surface area contributed by atoms with Gasteiger partial charge in [-0.3, -0.25) is 0 Å². The molecule has 0 heterocycles. The van der Waals surface area contributed by atoms with Gasteiger partial charge >= 0.3 is 6.09 Å². The normalized spacial score (nSPS) is 11.1. The SMILES string of the molecule is Cc1cccc(CNC(=O)OC(C)(C)C)c1O. The number of hydrogen-bond donors (Lipinski definition) is 2. The number of alkyl carbamates (subject to hydrolysis) is 1. The van der Waals surface area contributed by atoms with E-state index in [1.807, 2.05) is 19.1 Å². The Morgan fingerprint density at radius 3 is 2.65 bits per heavy atom. The fourth-order valence-corrected chi connectivity index (χ4v) is 1.34. The van der Waals surface area contributed by atoms with Crippen molar-refractivity contribution in [2.45, 2.75) is 39.8 Å². The lowest BCUT2D eigenvalue weighted by atomic mass is 10.1. The summed E-state index contributed by atoms with van der Waals surface area (Å²) in [7, 11) is 0. The van der Waals surface area contributed by atoms with E-state index in [-0.39, 0.29) is 12.3 Å². The number of benzene rings is 1. The molecule has 0 unspecified atom stereocenters. The molecule has 1 aromatic rings. The molecule has 4 nitrogen and oxygen atoms in total. The Morgan fingerprint density at radius 1 is 1.41 bits per heavy atom. The van der Waals surface area contributed by atoms with Gasteiger partial charge < -0.3 is 15.2 Å². The Morgan fingerprint density at radius 2 is 2.06 bits per heavy atom. The van der Waals surface area contributed by atoms with E-state index in [9.17, 15) is 9.90 Å². The molecule has 94 valence electrons. The van der Waals surface area contributed by atoms with Crippen molar-refractivity contribution in [3.8, 4) is 5.75 Å². The number of phenols is 1. The Labute approximate surface area is 102 Å². The summed E-state index contributed by atoms with van der Waals surface area (Å²) < 4.78 is 5.10. The maximum absolute atomic E-state index is 11.4. The molecule has 1 amide bonds. The zero-order chi connectivity index (χ0) is 13.1. The van der Waals surface area contributed by atoms with Crippen LogP contribution in [0.1, 0.15) is 31.9 Å². The summed E-state index contributed by atoms with van der Waals surface area (Å²) >= 11 is 0. The van der Waals surface area contributed by atoms with Crippen molar-refractivity contribution < 1.29 is 14.6 Å². The number of para-hydroxylation sites is 1. The van der Waals surface area contributed by atoms with Crippen molar-refractivity contribution in [2.75, 3.05) is 0 Å². The number of hydrogen-bond acceptors (Lipinski definition) is 3. The highest BCUT2D eigenvalue weighted by molar-refractivity contribution is 5.67. The summed E-state index contributed by atoms with van der Waals surface area (Å²) in [5.41, 5.74) is 0.947. The smallest absolute Gasteiger partial charge is 0.407 e. The van der Waals surface area contributed by atoms with E-state index in [2.05, 4.69) is 5.32 Å². The Hall–Kier alpha value is -1.71. The molecule has 2 N–H and O–H groups in total. The number of nitrogens with one attached hydrogen (secondary N) is 1. The summed E-state index contributed by atoms with van der Waals surface area (Å²) in [4.78, 5) is 11.4. The number of aromatic hydroxyl groups is 1. The lowest BCUT2D eigenvalue weighted by Crippen LogP contribution is -2.32. The van der Waals surface area contributed by atoms with Crippen LogP contribution in [0.2, 0.25) is 0 Å². The van der Waals surface area contributed by atoms with Crippen molar-refractivity contribution >= 4 is 6.09 Å². The number of phenolic OH excluding ortho intramolecular Hbond substituents is 1. The topological polar surface area (TPSA) is 58.6 Å². The Kier molecular flexibility index (Phi) is 3.99. The number of aryl methyl sites for hydroxylation is 1. The zero-order valence-corrected chi connectivity index (χ0v) is 10.7. The molecular weight excluding hydrogens is 218 g/mol. The fourth-order valence-electron chi connectivity index (χ4n) is 1.34. The standard InChI is InChI=1S/C13H19NO3/c1-9-6-5-7-10(11(9)15)8-14-12(16)17-13(2,3)4/h5-7,15H,8H2,1-4H3,(H,14,16). The highest BCUT2D eigenvalue weighted by atomic mass is 16.6. The predicted molar refractivity (Wildman–Crippen MR) is 65.9 cm³/mol. The van der Waals surface area contributed by atoms with Crippen molar-refractivity contribution in [3.05, 3.63) is 29.3 Å². The molecular formula is C13H19NO3. The first-order valence-corrected chi connectivity index (χ1v) is 5.54. The third-order valence-corrected chi connectivity index (χ3v) is 2.14. The van der Waals surface area contributed by atoms with Crippen LogP contribution < -0.4 is 5.32 Å². The zero-order valence-electron chi connectivity index (χ0n) is 10.7. The number of carbonyl (C=O) groups is 1. The Balaban J connectivity index is 2.56. The fraction of sp³-hybridized carbons (Fsp3) is 0.462. The van der Waals surface area contributed by atoms with Gasteiger partial charge in [-0.1, -0.05) is 18.2 Å². The highest BCUT2D eigenvalue weighted by Gasteiger charge is 2.16. The van der Waals surface area contributed by atoms with Crippen LogP contribution in [0.25, 0.3) is 0 Å². The van der Waals surface area contributed by atoms with Gasteiger partial charge in [-0.2, -0.15) is 0 Å². The summed E-state index contributed by atoms with van der Waals surface area (Å²) in [5.74, 6) is 0.212. The second-order valence-electron chi connectivity index (χ2n) is 4.94. The average Bonchev–Trinajstić information content (AvgIpc) is 2.18. The molecule has 0 spiro atoms. The van der Waals surface area contributed by atoms with Gasteiger partial charge in [0.15, 0.2) is 0 Å². The molecule has 17 heavy (non-hydrogen) atoms. The van der Waals surface area contributed by atoms with Crippen LogP contribution in [-0.2, 0) is 11.3 Å². The molecule has 1 rings (SSSR count). The minimum Gasteiger partial charge on any atom is -0.507 e. The van der Waals surface area contributed by atoms with Gasteiger partial charge in [0, 0.05) is 12.1 Å². The highest BCUT2D eigenvalue weighted by Crippen LogP contribution is 2.21. The number of amides is 1. The summed E-state index contributed by atoms with van der Waals surface area (Å²) in [6, 6.07) is 5.41. The van der Waals surface area contributed by atoms with E-state index in [1.165, 1.54) is 0 Å². The molecule has 1 aromatic carbocycles. The first-order chi connectivity index (χ1) is 7.79. The molecule has 4 heteroatoms. The van der Waals surface area contributed by atoms with Gasteiger partial charge in [-0.15, -0.1) is 0 Å². The third-order valence-electron chi connectivity index (χ3n) is 2.14. The van der Waals surface area contributed by atoms with Gasteiger partial charge in [0.1, 0.15) is 11.4 Å². The van der Waals surface area contributed by atoms with E-state index in [0.29, 0.717) is 5.56 Å². The molecule has 0 aliphatic heterocycles. The van der Waals surface area contributed by atoms with Crippen LogP contribution in [0.15, 0.2) is 18.2 Å². The van der Waals surface area contributed by atoms with E-state index in [4.69, 9.17) is 4.74 Å². The van der Waals surface area contributed by atoms with Crippen molar-refractivity contribution in [1.82, 2.24) is 5.32 Å². The van der Waals surface area contributed by atoms with Crippen LogP contribution in [-0.4, -0.2) is 16.8 Å². The largest absolute Gasteiger partial charge is 0.507 e. The lowest BCUT2D eigenvalue weighted by Gasteiger charge is -2.19. The summed E-state index contributed by atoms with van der Waals surface area (Å²) in [5, 5.41) is 12.4. The molecule has 0 saturated carbocycles. The first kappa shape index (κ1) is 13.4. The molecule has 0 atom stereocenters. The Bertz CT molecular complexity index is 408. The molecule has 0 aliphatic carbocycles. The van der Waals surface area contributed by atoms with Gasteiger partial charge in [0.25, 0.3) is 0 Å². The van der Waals surface area contributed by atoms with Crippen LogP contribution in [0.3, 0.4) is 0 Å². The number of carbonyl (C=O) groups excluding carboxylic acids is 1. The molecule has 0 fully saturated rings. The van der Waals surface area contributed by atoms with E-state index in [0.717, 1.165) is 5.56 Å². The molecule has 0 bridgehead atoms.